The topological polar surface area (TPSA) is 65.4 Å². The lowest BCUT2D eigenvalue weighted by Gasteiger charge is -2.04. The summed E-state index contributed by atoms with van der Waals surface area (Å²) in [5, 5.41) is 7.02. The molecule has 1 N–H and O–H groups in total. The van der Waals surface area contributed by atoms with Crippen LogP contribution in [0.15, 0.2) is 30.6 Å². The van der Waals surface area contributed by atoms with Crippen molar-refractivity contribution >= 4 is 5.91 Å². The highest BCUT2D eigenvalue weighted by atomic mass is 16.7. The fourth-order valence-corrected chi connectivity index (χ4v) is 1.99. The van der Waals surface area contributed by atoms with E-state index < -0.39 is 0 Å². The Kier molecular flexibility index (Phi) is 3.28. The standard InChI is InChI=1S/C14H15N3O3/c1-2-17-8-10(7-16-17)6-15-14(18)11-3-4-12-13(5-11)20-9-19-12/h3-5,7-8H,2,6,9H2,1H3,(H,15,18). The number of aryl methyl sites for hydroxylation is 1. The molecule has 0 unspecified atom stereocenters. The first-order valence-corrected chi connectivity index (χ1v) is 6.45. The zero-order chi connectivity index (χ0) is 13.9. The predicted octanol–water partition coefficient (Wildman–Crippen LogP) is 1.56. The number of hydrogen-bond acceptors (Lipinski definition) is 4. The van der Waals surface area contributed by atoms with Gasteiger partial charge in [-0.2, -0.15) is 5.10 Å². The number of nitrogens with zero attached hydrogens (tertiary/aromatic N) is 2. The summed E-state index contributed by atoms with van der Waals surface area (Å²) in [4.78, 5) is 12.1. The van der Waals surface area contributed by atoms with Crippen LogP contribution in [0, 0.1) is 0 Å². The average Bonchev–Trinajstić information content (AvgIpc) is 3.12. The van der Waals surface area contributed by atoms with E-state index in [0.717, 1.165) is 12.1 Å². The predicted molar refractivity (Wildman–Crippen MR) is 71.6 cm³/mol. The molecule has 0 aliphatic carbocycles. The van der Waals surface area contributed by atoms with Gasteiger partial charge >= 0.3 is 0 Å². The molecule has 1 amide bonds. The molecule has 3 rings (SSSR count). The molecule has 0 spiro atoms. The Morgan fingerprint density at radius 3 is 3.05 bits per heavy atom. The van der Waals surface area contributed by atoms with Crippen LogP contribution < -0.4 is 14.8 Å². The minimum Gasteiger partial charge on any atom is -0.454 e. The monoisotopic (exact) mass is 273 g/mol. The maximum atomic E-state index is 12.1. The molecule has 6 nitrogen and oxygen atoms in total. The van der Waals surface area contributed by atoms with Gasteiger partial charge in [0.15, 0.2) is 11.5 Å². The second-order valence-corrected chi connectivity index (χ2v) is 4.45. The second kappa shape index (κ2) is 5.24. The van der Waals surface area contributed by atoms with E-state index in [4.69, 9.17) is 9.47 Å². The number of carbonyl (C=O) groups excluding carboxylic acids is 1. The van der Waals surface area contributed by atoms with Crippen LogP contribution in [0.5, 0.6) is 11.5 Å². The van der Waals surface area contributed by atoms with Crippen molar-refractivity contribution in [2.45, 2.75) is 20.0 Å². The molecule has 2 heterocycles. The fraction of sp³-hybridized carbons (Fsp3) is 0.286. The molecule has 0 saturated heterocycles. The molecular formula is C14H15N3O3. The SMILES string of the molecule is CCn1cc(CNC(=O)c2ccc3c(c2)OCO3)cn1. The number of aromatic nitrogens is 2. The normalized spacial score (nSPS) is 12.4. The molecular weight excluding hydrogens is 258 g/mol. The van der Waals surface area contributed by atoms with Crippen molar-refractivity contribution in [3.8, 4) is 11.5 Å². The van der Waals surface area contributed by atoms with Crippen LogP contribution in [0.1, 0.15) is 22.8 Å². The second-order valence-electron chi connectivity index (χ2n) is 4.45. The summed E-state index contributed by atoms with van der Waals surface area (Å²) < 4.78 is 12.3. The number of rotatable bonds is 4. The number of amides is 1. The third-order valence-corrected chi connectivity index (χ3v) is 3.10. The minimum absolute atomic E-state index is 0.146. The van der Waals surface area contributed by atoms with Crippen molar-refractivity contribution in [3.63, 3.8) is 0 Å². The Morgan fingerprint density at radius 1 is 1.40 bits per heavy atom. The van der Waals surface area contributed by atoms with Crippen LogP contribution in [0.2, 0.25) is 0 Å². The smallest absolute Gasteiger partial charge is 0.251 e. The first kappa shape index (κ1) is 12.5. The quantitative estimate of drug-likeness (QED) is 0.918. The van der Waals surface area contributed by atoms with E-state index in [1.165, 1.54) is 0 Å². The van der Waals surface area contributed by atoms with Gasteiger partial charge < -0.3 is 14.8 Å². The van der Waals surface area contributed by atoms with E-state index in [1.54, 1.807) is 24.4 Å². The van der Waals surface area contributed by atoms with E-state index in [-0.39, 0.29) is 12.7 Å². The summed E-state index contributed by atoms with van der Waals surface area (Å²) in [6.45, 7) is 3.49. The highest BCUT2D eigenvalue weighted by Gasteiger charge is 2.16. The number of benzene rings is 1. The minimum atomic E-state index is -0.146. The van der Waals surface area contributed by atoms with Gasteiger partial charge in [0.2, 0.25) is 6.79 Å². The summed E-state index contributed by atoms with van der Waals surface area (Å²) in [6.07, 6.45) is 3.67. The molecule has 0 radical (unpaired) electrons. The van der Waals surface area contributed by atoms with Gasteiger partial charge in [-0.1, -0.05) is 0 Å². The molecule has 2 aromatic rings. The van der Waals surface area contributed by atoms with Gasteiger partial charge in [-0.15, -0.1) is 0 Å². The summed E-state index contributed by atoms with van der Waals surface area (Å²) >= 11 is 0. The Hall–Kier alpha value is -2.50. The van der Waals surface area contributed by atoms with Crippen molar-refractivity contribution < 1.29 is 14.3 Å². The Balaban J connectivity index is 1.64. The van der Waals surface area contributed by atoms with E-state index in [9.17, 15) is 4.79 Å². The van der Waals surface area contributed by atoms with Gasteiger partial charge in [0.05, 0.1) is 6.20 Å². The number of fused-ring (bicyclic) bond motifs is 1. The van der Waals surface area contributed by atoms with Crippen molar-refractivity contribution in [2.75, 3.05) is 6.79 Å². The Labute approximate surface area is 116 Å². The molecule has 1 aromatic heterocycles. The maximum absolute atomic E-state index is 12.1. The third kappa shape index (κ3) is 2.45. The lowest BCUT2D eigenvalue weighted by Crippen LogP contribution is -2.22. The van der Waals surface area contributed by atoms with Crippen molar-refractivity contribution in [3.05, 3.63) is 41.7 Å². The van der Waals surface area contributed by atoms with Gasteiger partial charge in [-0.05, 0) is 25.1 Å². The molecule has 0 bridgehead atoms. The summed E-state index contributed by atoms with van der Waals surface area (Å²) in [7, 11) is 0. The van der Waals surface area contributed by atoms with Crippen LogP contribution >= 0.6 is 0 Å². The van der Waals surface area contributed by atoms with Crippen molar-refractivity contribution in [2.24, 2.45) is 0 Å². The van der Waals surface area contributed by atoms with Crippen molar-refractivity contribution in [1.29, 1.82) is 0 Å². The third-order valence-electron chi connectivity index (χ3n) is 3.10. The Morgan fingerprint density at radius 2 is 2.25 bits per heavy atom. The maximum Gasteiger partial charge on any atom is 0.251 e. The number of nitrogens with one attached hydrogen (secondary N) is 1. The van der Waals surface area contributed by atoms with Crippen LogP contribution in [0.4, 0.5) is 0 Å². The molecule has 20 heavy (non-hydrogen) atoms. The molecule has 1 aliphatic heterocycles. The lowest BCUT2D eigenvalue weighted by molar-refractivity contribution is 0.0950. The van der Waals surface area contributed by atoms with Gasteiger partial charge in [0.1, 0.15) is 0 Å². The van der Waals surface area contributed by atoms with E-state index in [1.807, 2.05) is 17.8 Å². The van der Waals surface area contributed by atoms with Gasteiger partial charge in [0.25, 0.3) is 5.91 Å². The largest absolute Gasteiger partial charge is 0.454 e. The first-order chi connectivity index (χ1) is 9.76. The lowest BCUT2D eigenvalue weighted by atomic mass is 10.2. The highest BCUT2D eigenvalue weighted by molar-refractivity contribution is 5.94. The zero-order valence-corrected chi connectivity index (χ0v) is 11.1. The summed E-state index contributed by atoms with van der Waals surface area (Å²) in [5.74, 6) is 1.13. The van der Waals surface area contributed by atoms with E-state index in [2.05, 4.69) is 10.4 Å². The molecule has 0 saturated carbocycles. The van der Waals surface area contributed by atoms with E-state index in [0.29, 0.717) is 23.6 Å². The van der Waals surface area contributed by atoms with Gasteiger partial charge in [-0.3, -0.25) is 9.48 Å². The molecule has 1 aromatic carbocycles. The average molecular weight is 273 g/mol. The van der Waals surface area contributed by atoms with Crippen LogP contribution in [0.3, 0.4) is 0 Å². The number of hydrogen-bond donors (Lipinski definition) is 1. The molecule has 0 atom stereocenters. The van der Waals surface area contributed by atoms with Crippen LogP contribution in [-0.4, -0.2) is 22.5 Å². The fourth-order valence-electron chi connectivity index (χ4n) is 1.99. The van der Waals surface area contributed by atoms with Gasteiger partial charge in [-0.25, -0.2) is 0 Å². The molecule has 0 fully saturated rings. The van der Waals surface area contributed by atoms with Crippen LogP contribution in [-0.2, 0) is 13.1 Å². The van der Waals surface area contributed by atoms with Gasteiger partial charge in [0, 0.05) is 30.4 Å². The molecule has 1 aliphatic rings. The van der Waals surface area contributed by atoms with E-state index >= 15 is 0 Å². The van der Waals surface area contributed by atoms with Crippen molar-refractivity contribution in [1.82, 2.24) is 15.1 Å². The first-order valence-electron chi connectivity index (χ1n) is 6.45. The summed E-state index contributed by atoms with van der Waals surface area (Å²) in [5.41, 5.74) is 1.53. The number of carbonyl (C=O) groups is 1. The number of ether oxygens (including phenoxy) is 2. The highest BCUT2D eigenvalue weighted by Crippen LogP contribution is 2.32. The van der Waals surface area contributed by atoms with Crippen LogP contribution in [0.25, 0.3) is 0 Å². The summed E-state index contributed by atoms with van der Waals surface area (Å²) in [6, 6.07) is 5.15. The molecule has 104 valence electrons. The molecule has 6 heteroatoms. The Bertz CT molecular complexity index is 636. The zero-order valence-electron chi connectivity index (χ0n) is 11.1.